The van der Waals surface area contributed by atoms with Crippen molar-refractivity contribution in [1.29, 1.82) is 0 Å². The Kier molecular flexibility index (Phi) is 1.68. The second kappa shape index (κ2) is 2.55. The predicted octanol–water partition coefficient (Wildman–Crippen LogP) is 2.94. The van der Waals surface area contributed by atoms with Gasteiger partial charge in [-0.15, -0.1) is 0 Å². The Morgan fingerprint density at radius 2 is 1.79 bits per heavy atom. The van der Waals surface area contributed by atoms with E-state index in [0.717, 1.165) is 17.8 Å². The summed E-state index contributed by atoms with van der Waals surface area (Å²) in [5, 5.41) is 0. The van der Waals surface area contributed by atoms with E-state index in [1.165, 1.54) is 38.5 Å². The number of rotatable bonds is 1. The van der Waals surface area contributed by atoms with Crippen molar-refractivity contribution >= 4 is 0 Å². The van der Waals surface area contributed by atoms with Crippen molar-refractivity contribution in [1.82, 2.24) is 0 Å². The van der Waals surface area contributed by atoms with Crippen LogP contribution in [0.1, 0.15) is 52.4 Å². The molecule has 0 aromatic heterocycles. The van der Waals surface area contributed by atoms with Crippen molar-refractivity contribution in [3.8, 4) is 0 Å². The Morgan fingerprint density at radius 1 is 1.07 bits per heavy atom. The van der Waals surface area contributed by atoms with E-state index in [0.29, 0.717) is 5.41 Å². The fourth-order valence-corrected chi connectivity index (χ4v) is 4.45. The molecule has 4 fully saturated rings. The molecule has 0 heterocycles. The molecule has 4 aliphatic carbocycles. The molecule has 4 aliphatic rings. The normalized spacial score (nSPS) is 47.8. The molecule has 2 N–H and O–H groups in total. The highest BCUT2D eigenvalue weighted by Gasteiger charge is 2.59. The van der Waals surface area contributed by atoms with Crippen LogP contribution in [-0.4, -0.2) is 5.54 Å². The lowest BCUT2D eigenvalue weighted by Crippen LogP contribution is -2.64. The third-order valence-corrected chi connectivity index (χ3v) is 5.88. The van der Waals surface area contributed by atoms with E-state index >= 15 is 0 Å². The summed E-state index contributed by atoms with van der Waals surface area (Å²) in [6.45, 7) is 4.94. The zero-order valence-corrected chi connectivity index (χ0v) is 9.55. The summed E-state index contributed by atoms with van der Waals surface area (Å²) >= 11 is 0. The summed E-state index contributed by atoms with van der Waals surface area (Å²) in [7, 11) is 0. The average molecular weight is 193 g/mol. The molecular weight excluding hydrogens is 170 g/mol. The molecule has 14 heavy (non-hydrogen) atoms. The van der Waals surface area contributed by atoms with E-state index in [-0.39, 0.29) is 5.54 Å². The lowest BCUT2D eigenvalue weighted by Gasteiger charge is -2.65. The van der Waals surface area contributed by atoms with Gasteiger partial charge in [0.1, 0.15) is 0 Å². The summed E-state index contributed by atoms with van der Waals surface area (Å²) in [5.74, 6) is 2.83. The van der Waals surface area contributed by atoms with Crippen molar-refractivity contribution in [2.75, 3.05) is 0 Å². The summed E-state index contributed by atoms with van der Waals surface area (Å²) in [4.78, 5) is 0. The van der Waals surface area contributed by atoms with E-state index < -0.39 is 0 Å². The molecule has 1 heteroatoms. The van der Waals surface area contributed by atoms with E-state index in [1.807, 2.05) is 0 Å². The predicted molar refractivity (Wildman–Crippen MR) is 58.9 cm³/mol. The number of nitrogens with two attached hydrogens (primary N) is 1. The van der Waals surface area contributed by atoms with Crippen LogP contribution in [0, 0.1) is 23.2 Å². The molecule has 80 valence electrons. The van der Waals surface area contributed by atoms with Crippen molar-refractivity contribution < 1.29 is 0 Å². The SMILES string of the molecule is CC1(C)C2CCC(C3(N)CCC3)C1C2. The summed E-state index contributed by atoms with van der Waals surface area (Å²) in [5.41, 5.74) is 7.39. The van der Waals surface area contributed by atoms with E-state index in [1.54, 1.807) is 0 Å². The average Bonchev–Trinajstić information content (AvgIpc) is 2.14. The van der Waals surface area contributed by atoms with Gasteiger partial charge in [0, 0.05) is 5.54 Å². The van der Waals surface area contributed by atoms with Crippen molar-refractivity contribution in [2.24, 2.45) is 28.9 Å². The maximum Gasteiger partial charge on any atom is 0.0185 e. The second-order valence-corrected chi connectivity index (χ2v) is 6.63. The van der Waals surface area contributed by atoms with Gasteiger partial charge in [-0.3, -0.25) is 0 Å². The second-order valence-electron chi connectivity index (χ2n) is 6.63. The number of hydrogen-bond donors (Lipinski definition) is 1. The first-order valence-corrected chi connectivity index (χ1v) is 6.33. The number of hydrogen-bond acceptors (Lipinski definition) is 1. The summed E-state index contributed by atoms with van der Waals surface area (Å²) in [6, 6.07) is 0. The molecule has 0 spiro atoms. The number of fused-ring (bicyclic) bond motifs is 2. The standard InChI is InChI=1S/C13H23N/c1-12(2)9-4-5-10(11(12)8-9)13(14)6-3-7-13/h9-11H,3-8,14H2,1-2H3. The Labute approximate surface area is 87.4 Å². The van der Waals surface area contributed by atoms with Crippen LogP contribution in [0.15, 0.2) is 0 Å². The van der Waals surface area contributed by atoms with Gasteiger partial charge in [0.2, 0.25) is 0 Å². The first-order valence-electron chi connectivity index (χ1n) is 6.33. The molecule has 3 atom stereocenters. The van der Waals surface area contributed by atoms with Crippen LogP contribution in [0.3, 0.4) is 0 Å². The molecule has 0 aromatic rings. The third kappa shape index (κ3) is 0.946. The Bertz CT molecular complexity index is 250. The zero-order chi connectivity index (χ0) is 9.97. The van der Waals surface area contributed by atoms with Gasteiger partial charge in [-0.2, -0.15) is 0 Å². The Hall–Kier alpha value is -0.0400. The minimum Gasteiger partial charge on any atom is -0.325 e. The molecule has 2 bridgehead atoms. The largest absolute Gasteiger partial charge is 0.325 e. The van der Waals surface area contributed by atoms with Crippen LogP contribution in [-0.2, 0) is 0 Å². The van der Waals surface area contributed by atoms with Crippen LogP contribution in [0.25, 0.3) is 0 Å². The van der Waals surface area contributed by atoms with Crippen LogP contribution < -0.4 is 5.73 Å². The summed E-state index contributed by atoms with van der Waals surface area (Å²) < 4.78 is 0. The smallest absolute Gasteiger partial charge is 0.0185 e. The molecule has 0 saturated heterocycles. The van der Waals surface area contributed by atoms with Gasteiger partial charge < -0.3 is 5.73 Å². The fourth-order valence-electron chi connectivity index (χ4n) is 4.45. The Morgan fingerprint density at radius 3 is 2.21 bits per heavy atom. The first-order chi connectivity index (χ1) is 6.54. The fraction of sp³-hybridized carbons (Fsp3) is 1.00. The lowest BCUT2D eigenvalue weighted by molar-refractivity contribution is -0.137. The molecular formula is C13H23N. The van der Waals surface area contributed by atoms with Gasteiger partial charge in [0.25, 0.3) is 0 Å². The Balaban J connectivity index is 1.81. The van der Waals surface area contributed by atoms with Crippen molar-refractivity contribution in [2.45, 2.75) is 57.9 Å². The third-order valence-electron chi connectivity index (χ3n) is 5.88. The quantitative estimate of drug-likeness (QED) is 0.681. The van der Waals surface area contributed by atoms with Crippen LogP contribution in [0.4, 0.5) is 0 Å². The first kappa shape index (κ1) is 9.21. The highest BCUT2D eigenvalue weighted by molar-refractivity contribution is 5.11. The van der Waals surface area contributed by atoms with Gasteiger partial charge in [0.05, 0.1) is 0 Å². The molecule has 1 nitrogen and oxygen atoms in total. The van der Waals surface area contributed by atoms with Crippen LogP contribution in [0.2, 0.25) is 0 Å². The lowest BCUT2D eigenvalue weighted by atomic mass is 9.41. The highest BCUT2D eigenvalue weighted by atomic mass is 14.8. The van der Waals surface area contributed by atoms with Gasteiger partial charge >= 0.3 is 0 Å². The van der Waals surface area contributed by atoms with Crippen molar-refractivity contribution in [3.63, 3.8) is 0 Å². The summed E-state index contributed by atoms with van der Waals surface area (Å²) in [6.07, 6.45) is 8.34. The topological polar surface area (TPSA) is 26.0 Å². The zero-order valence-electron chi connectivity index (χ0n) is 9.55. The van der Waals surface area contributed by atoms with Gasteiger partial charge in [-0.25, -0.2) is 0 Å². The highest BCUT2D eigenvalue weighted by Crippen LogP contribution is 2.64. The van der Waals surface area contributed by atoms with Gasteiger partial charge in [0.15, 0.2) is 0 Å². The monoisotopic (exact) mass is 193 g/mol. The molecule has 3 unspecified atom stereocenters. The van der Waals surface area contributed by atoms with E-state index in [9.17, 15) is 0 Å². The molecule has 0 amide bonds. The molecule has 0 radical (unpaired) electrons. The van der Waals surface area contributed by atoms with E-state index in [2.05, 4.69) is 13.8 Å². The molecule has 4 rings (SSSR count). The molecule has 4 saturated carbocycles. The maximum absolute atomic E-state index is 6.51. The van der Waals surface area contributed by atoms with Crippen LogP contribution in [0.5, 0.6) is 0 Å². The minimum absolute atomic E-state index is 0.257. The molecule has 0 aliphatic heterocycles. The van der Waals surface area contributed by atoms with Crippen LogP contribution >= 0.6 is 0 Å². The minimum atomic E-state index is 0.257. The maximum atomic E-state index is 6.51. The van der Waals surface area contributed by atoms with Gasteiger partial charge in [-0.05, 0) is 61.7 Å². The van der Waals surface area contributed by atoms with Gasteiger partial charge in [-0.1, -0.05) is 13.8 Å². The molecule has 0 aromatic carbocycles. The van der Waals surface area contributed by atoms with Crippen molar-refractivity contribution in [3.05, 3.63) is 0 Å². The van der Waals surface area contributed by atoms with E-state index in [4.69, 9.17) is 5.73 Å².